The van der Waals surface area contributed by atoms with Crippen molar-refractivity contribution in [1.82, 2.24) is 4.90 Å². The smallest absolute Gasteiger partial charge is 0.244 e. The number of nitrogens with one attached hydrogen (secondary N) is 1. The van der Waals surface area contributed by atoms with Crippen molar-refractivity contribution in [2.45, 2.75) is 6.42 Å². The van der Waals surface area contributed by atoms with Crippen LogP contribution < -0.4 is 10.2 Å². The van der Waals surface area contributed by atoms with Gasteiger partial charge in [-0.3, -0.25) is 19.3 Å². The molecule has 2 aromatic carbocycles. The lowest BCUT2D eigenvalue weighted by atomic mass is 9.85. The molecule has 2 fully saturated rings. The van der Waals surface area contributed by atoms with E-state index in [0.29, 0.717) is 5.69 Å². The third-order valence-corrected chi connectivity index (χ3v) is 6.55. The molecule has 5 rings (SSSR count). The third kappa shape index (κ3) is 2.91. The lowest BCUT2D eigenvalue weighted by Gasteiger charge is -2.23. The minimum atomic E-state index is -0.370. The number of imide groups is 1. The Morgan fingerprint density at radius 1 is 0.967 bits per heavy atom. The number of benzene rings is 2. The van der Waals surface area contributed by atoms with E-state index in [4.69, 9.17) is 0 Å². The van der Waals surface area contributed by atoms with Gasteiger partial charge in [-0.15, -0.1) is 0 Å². The van der Waals surface area contributed by atoms with E-state index in [1.807, 2.05) is 66.5 Å². The van der Waals surface area contributed by atoms with E-state index in [-0.39, 0.29) is 47.9 Å². The highest BCUT2D eigenvalue weighted by atomic mass is 16.2. The largest absolute Gasteiger partial charge is 0.343 e. The minimum absolute atomic E-state index is 0.143. The summed E-state index contributed by atoms with van der Waals surface area (Å²) in [4.78, 5) is 41.5. The van der Waals surface area contributed by atoms with E-state index < -0.39 is 0 Å². The van der Waals surface area contributed by atoms with Crippen LogP contribution in [0.5, 0.6) is 0 Å². The van der Waals surface area contributed by atoms with Gasteiger partial charge in [0.2, 0.25) is 17.7 Å². The molecule has 0 spiro atoms. The lowest BCUT2D eigenvalue weighted by molar-refractivity contribution is -0.143. The molecule has 0 unspecified atom stereocenters. The molecule has 2 aromatic rings. The Morgan fingerprint density at radius 3 is 2.23 bits per heavy atom. The first-order valence-electron chi connectivity index (χ1n) is 10.3. The summed E-state index contributed by atoms with van der Waals surface area (Å²) in [5, 5.41) is 2.89. The maximum Gasteiger partial charge on any atom is 0.244 e. The van der Waals surface area contributed by atoms with Crippen LogP contribution >= 0.6 is 0 Å². The van der Waals surface area contributed by atoms with Crippen molar-refractivity contribution in [3.8, 4) is 0 Å². The fourth-order valence-electron chi connectivity index (χ4n) is 5.12. The van der Waals surface area contributed by atoms with E-state index in [9.17, 15) is 14.4 Å². The molecule has 6 nitrogen and oxygen atoms in total. The number of carbonyl (C=O) groups is 3. The molecule has 1 heterocycles. The van der Waals surface area contributed by atoms with Crippen LogP contribution in [-0.4, -0.2) is 36.2 Å². The van der Waals surface area contributed by atoms with Crippen molar-refractivity contribution in [3.63, 3.8) is 0 Å². The van der Waals surface area contributed by atoms with Crippen LogP contribution in [0.3, 0.4) is 0 Å². The average Bonchev–Trinajstić information content (AvgIpc) is 3.44. The normalized spacial score (nSPS) is 26.2. The summed E-state index contributed by atoms with van der Waals surface area (Å²) in [5.41, 5.74) is 2.45. The predicted molar refractivity (Wildman–Crippen MR) is 114 cm³/mol. The number of nitrogens with zero attached hydrogens (tertiary/aromatic N) is 2. The lowest BCUT2D eigenvalue weighted by Crippen LogP contribution is -2.39. The molecule has 0 radical (unpaired) electrons. The summed E-state index contributed by atoms with van der Waals surface area (Å²) in [6, 6.07) is 17.3. The summed E-state index contributed by atoms with van der Waals surface area (Å²) in [6.07, 6.45) is 4.98. The summed E-state index contributed by atoms with van der Waals surface area (Å²) < 4.78 is 0. The van der Waals surface area contributed by atoms with Crippen LogP contribution in [0.15, 0.2) is 66.7 Å². The predicted octanol–water partition coefficient (Wildman–Crippen LogP) is 3.20. The first-order chi connectivity index (χ1) is 14.5. The second kappa shape index (κ2) is 7.13. The van der Waals surface area contributed by atoms with Crippen LogP contribution in [0.2, 0.25) is 0 Å². The second-order valence-electron chi connectivity index (χ2n) is 8.22. The standard InChI is InChI=1S/C24H23N3O3/c1-26(17-7-3-2-4-8-17)19-10-6-5-9-18(19)25-20(28)14-27-23(29)21-15-11-12-16(13-15)22(21)24(27)30/h2-12,15-16,21-22H,13-14H2,1H3,(H,25,28)/t15-,16-,21-,22+/m0/s1. The van der Waals surface area contributed by atoms with Gasteiger partial charge in [0, 0.05) is 12.7 Å². The molecule has 2 aliphatic carbocycles. The molecule has 4 atom stereocenters. The van der Waals surface area contributed by atoms with Crippen LogP contribution in [0, 0.1) is 23.7 Å². The maximum atomic E-state index is 12.8. The molecule has 3 amide bonds. The molecule has 1 aliphatic heterocycles. The molecule has 1 saturated carbocycles. The molecule has 6 heteroatoms. The van der Waals surface area contributed by atoms with Crippen LogP contribution in [0.4, 0.5) is 17.1 Å². The molecule has 2 bridgehead atoms. The van der Waals surface area contributed by atoms with Crippen molar-refractivity contribution in [2.75, 3.05) is 23.8 Å². The Balaban J connectivity index is 1.31. The number of amides is 3. The summed E-state index contributed by atoms with van der Waals surface area (Å²) in [7, 11) is 1.93. The highest BCUT2D eigenvalue weighted by Gasteiger charge is 2.59. The van der Waals surface area contributed by atoms with Crippen molar-refractivity contribution in [3.05, 3.63) is 66.7 Å². The number of para-hydroxylation sites is 3. The zero-order valence-electron chi connectivity index (χ0n) is 16.7. The van der Waals surface area contributed by atoms with Gasteiger partial charge >= 0.3 is 0 Å². The van der Waals surface area contributed by atoms with Gasteiger partial charge in [-0.05, 0) is 42.5 Å². The van der Waals surface area contributed by atoms with Crippen molar-refractivity contribution >= 4 is 34.8 Å². The maximum absolute atomic E-state index is 12.8. The number of fused-ring (bicyclic) bond motifs is 5. The van der Waals surface area contributed by atoms with E-state index in [2.05, 4.69) is 17.5 Å². The number of allylic oxidation sites excluding steroid dienone is 2. The molecule has 152 valence electrons. The first kappa shape index (κ1) is 18.6. The molecule has 0 aromatic heterocycles. The van der Waals surface area contributed by atoms with Gasteiger partial charge in [-0.2, -0.15) is 0 Å². The molecule has 30 heavy (non-hydrogen) atoms. The minimum Gasteiger partial charge on any atom is -0.343 e. The summed E-state index contributed by atoms with van der Waals surface area (Å²) in [5.74, 6) is -1.05. The Kier molecular flexibility index (Phi) is 4.42. The topological polar surface area (TPSA) is 69.7 Å². The second-order valence-corrected chi connectivity index (χ2v) is 8.22. The number of hydrogen-bond donors (Lipinski definition) is 1. The van der Waals surface area contributed by atoms with Crippen LogP contribution in [-0.2, 0) is 14.4 Å². The summed E-state index contributed by atoms with van der Waals surface area (Å²) in [6.45, 7) is -0.243. The average molecular weight is 401 g/mol. The molecular formula is C24H23N3O3. The van der Waals surface area contributed by atoms with Crippen molar-refractivity contribution in [2.24, 2.45) is 23.7 Å². The van der Waals surface area contributed by atoms with Gasteiger partial charge in [-0.1, -0.05) is 42.5 Å². The SMILES string of the molecule is CN(c1ccccc1)c1ccccc1NC(=O)CN1C(=O)[C@@H]2[C@H](C1=O)[C@H]1C=C[C@H]2C1. The fraction of sp³-hybridized carbons (Fsp3) is 0.292. The van der Waals surface area contributed by atoms with Crippen molar-refractivity contribution in [1.29, 1.82) is 0 Å². The molecule has 1 N–H and O–H groups in total. The Morgan fingerprint density at radius 2 is 1.57 bits per heavy atom. The molecule has 3 aliphatic rings. The van der Waals surface area contributed by atoms with Crippen LogP contribution in [0.25, 0.3) is 0 Å². The highest BCUT2D eigenvalue weighted by Crippen LogP contribution is 2.52. The third-order valence-electron chi connectivity index (χ3n) is 6.55. The Hall–Kier alpha value is -3.41. The van der Waals surface area contributed by atoms with E-state index >= 15 is 0 Å². The molecular weight excluding hydrogens is 378 g/mol. The van der Waals surface area contributed by atoms with Crippen LogP contribution in [0.1, 0.15) is 6.42 Å². The van der Waals surface area contributed by atoms with E-state index in [0.717, 1.165) is 22.7 Å². The number of anilines is 3. The fourth-order valence-corrected chi connectivity index (χ4v) is 5.12. The van der Waals surface area contributed by atoms with Gasteiger partial charge in [0.1, 0.15) is 6.54 Å². The zero-order valence-corrected chi connectivity index (χ0v) is 16.7. The van der Waals surface area contributed by atoms with Crippen molar-refractivity contribution < 1.29 is 14.4 Å². The number of likely N-dealkylation sites (tertiary alicyclic amines) is 1. The Bertz CT molecular complexity index is 1020. The van der Waals surface area contributed by atoms with Gasteiger partial charge in [0.25, 0.3) is 0 Å². The van der Waals surface area contributed by atoms with Gasteiger partial charge in [0.15, 0.2) is 0 Å². The van der Waals surface area contributed by atoms with Gasteiger partial charge in [-0.25, -0.2) is 0 Å². The summed E-state index contributed by atoms with van der Waals surface area (Å²) >= 11 is 0. The highest BCUT2D eigenvalue weighted by molar-refractivity contribution is 6.10. The van der Waals surface area contributed by atoms with Gasteiger partial charge in [0.05, 0.1) is 23.2 Å². The zero-order chi connectivity index (χ0) is 20.8. The van der Waals surface area contributed by atoms with Gasteiger partial charge < -0.3 is 10.2 Å². The first-order valence-corrected chi connectivity index (χ1v) is 10.3. The number of carbonyl (C=O) groups excluding carboxylic acids is 3. The number of rotatable bonds is 5. The monoisotopic (exact) mass is 401 g/mol. The van der Waals surface area contributed by atoms with E-state index in [1.54, 1.807) is 0 Å². The quantitative estimate of drug-likeness (QED) is 0.617. The Labute approximate surface area is 175 Å². The number of hydrogen-bond acceptors (Lipinski definition) is 4. The molecule has 1 saturated heterocycles. The van der Waals surface area contributed by atoms with E-state index in [1.165, 1.54) is 0 Å².